The van der Waals surface area contributed by atoms with Gasteiger partial charge in [0.25, 0.3) is 0 Å². The first-order valence-electron chi connectivity index (χ1n) is 9.67. The fourth-order valence-corrected chi connectivity index (χ4v) is 4.83. The van der Waals surface area contributed by atoms with Gasteiger partial charge in [0.1, 0.15) is 6.10 Å². The van der Waals surface area contributed by atoms with Crippen LogP contribution in [-0.2, 0) is 13.6 Å². The second-order valence-corrected chi connectivity index (χ2v) is 13.2. The van der Waals surface area contributed by atoms with E-state index in [1.54, 1.807) is 0 Å². The zero-order valence-electron chi connectivity index (χ0n) is 17.4. The van der Waals surface area contributed by atoms with Crippen LogP contribution in [0.2, 0.25) is 0 Å². The minimum atomic E-state index is -0.578. The monoisotopic (exact) mass is 510 g/mol. The van der Waals surface area contributed by atoms with E-state index in [4.69, 9.17) is 13.6 Å². The van der Waals surface area contributed by atoms with Crippen molar-refractivity contribution in [2.45, 2.75) is 64.3 Å². The fourth-order valence-electron chi connectivity index (χ4n) is 2.21. The number of hydrogen-bond donors (Lipinski definition) is 0. The molecule has 0 radical (unpaired) electrons. The third-order valence-electron chi connectivity index (χ3n) is 3.73. The van der Waals surface area contributed by atoms with Crippen molar-refractivity contribution in [2.75, 3.05) is 0 Å². The predicted molar refractivity (Wildman–Crippen MR) is 147 cm³/mol. The second kappa shape index (κ2) is 22.2. The van der Waals surface area contributed by atoms with Gasteiger partial charge in [-0.2, -0.15) is 0 Å². The Balaban J connectivity index is 4.54. The van der Waals surface area contributed by atoms with Crippen molar-refractivity contribution < 1.29 is 13.6 Å². The first kappa shape index (κ1) is 30.0. The van der Waals surface area contributed by atoms with E-state index in [0.29, 0.717) is 8.50 Å². The van der Waals surface area contributed by atoms with Crippen molar-refractivity contribution >= 4 is 52.3 Å². The summed E-state index contributed by atoms with van der Waals surface area (Å²) in [5.74, 6) is 6.11. The highest BCUT2D eigenvalue weighted by atomic mass is 32.4. The number of hydrogen-bond acceptors (Lipinski definition) is 3. The van der Waals surface area contributed by atoms with Crippen molar-refractivity contribution in [1.29, 1.82) is 0 Å². The number of allylic oxidation sites excluding steroid dienone is 6. The van der Waals surface area contributed by atoms with Gasteiger partial charge in [-0.15, -0.1) is 0 Å². The highest BCUT2D eigenvalue weighted by Gasteiger charge is 2.21. The Morgan fingerprint density at radius 3 is 2.48 bits per heavy atom. The van der Waals surface area contributed by atoms with Gasteiger partial charge in [-0.3, -0.25) is 0 Å². The lowest BCUT2D eigenvalue weighted by atomic mass is 10.1. The minimum Gasteiger partial charge on any atom is -0.358 e. The lowest BCUT2D eigenvalue weighted by Crippen LogP contribution is -2.26. The summed E-state index contributed by atoms with van der Waals surface area (Å²) in [5.41, 5.74) is 0. The first-order chi connectivity index (χ1) is 14.1. The third kappa shape index (κ3) is 18.3. The molecule has 0 spiro atoms. The Morgan fingerprint density at radius 1 is 1.10 bits per heavy atom. The highest BCUT2D eigenvalue weighted by Crippen LogP contribution is 2.55. The Bertz CT molecular complexity index is 562. The molecule has 9 heteroatoms. The van der Waals surface area contributed by atoms with Crippen LogP contribution >= 0.6 is 52.3 Å². The molecule has 3 nitrogen and oxygen atoms in total. The molecule has 0 aromatic carbocycles. The molecule has 0 rings (SSSR count). The predicted octanol–water partition coefficient (Wildman–Crippen LogP) is 7.51. The van der Waals surface area contributed by atoms with Crippen LogP contribution < -0.4 is 0 Å². The van der Waals surface area contributed by atoms with Gasteiger partial charge < -0.3 is 13.6 Å². The van der Waals surface area contributed by atoms with E-state index in [1.807, 2.05) is 42.5 Å². The van der Waals surface area contributed by atoms with Crippen molar-refractivity contribution in [1.82, 2.24) is 0 Å². The molecule has 0 aromatic rings. The average molecular weight is 510 g/mol. The maximum absolute atomic E-state index is 6.08. The van der Waals surface area contributed by atoms with Crippen LogP contribution in [0.1, 0.15) is 46.0 Å². The number of unbranched alkanes of at least 4 members (excludes halogenated alkanes) is 1. The molecule has 0 aliphatic heterocycles. The third-order valence-corrected chi connectivity index (χ3v) is 6.14. The van der Waals surface area contributed by atoms with Crippen molar-refractivity contribution in [3.63, 3.8) is 0 Å². The largest absolute Gasteiger partial charge is 0.358 e. The van der Waals surface area contributed by atoms with Gasteiger partial charge in [0, 0.05) is 24.4 Å². The summed E-state index contributed by atoms with van der Waals surface area (Å²) in [5, 5.41) is 0. The number of rotatable bonds is 15. The summed E-state index contributed by atoms with van der Waals surface area (Å²) in [6.45, 7) is 4.27. The molecule has 0 saturated carbocycles. The summed E-state index contributed by atoms with van der Waals surface area (Å²) in [4.78, 5) is 0. The molecule has 0 aliphatic rings. The molecule has 164 valence electrons. The van der Waals surface area contributed by atoms with E-state index in [-0.39, 0.29) is 18.3 Å². The fraction of sp³-hybridized carbons (Fsp3) is 0.500. The quantitative estimate of drug-likeness (QED) is 0.130. The van der Waals surface area contributed by atoms with Crippen LogP contribution in [0.3, 0.4) is 0 Å². The molecule has 0 aliphatic carbocycles. The molecule has 0 saturated heterocycles. The van der Waals surface area contributed by atoms with Crippen molar-refractivity contribution in [3.8, 4) is 11.8 Å². The molecular formula is C20H36O3P6. The molecule has 0 heterocycles. The van der Waals surface area contributed by atoms with Crippen LogP contribution in [-0.4, -0.2) is 18.3 Å². The molecule has 29 heavy (non-hydrogen) atoms. The Hall–Kier alpha value is 0.980. The van der Waals surface area contributed by atoms with E-state index >= 15 is 0 Å². The zero-order valence-corrected chi connectivity index (χ0v) is 23.9. The van der Waals surface area contributed by atoms with E-state index in [2.05, 4.69) is 68.0 Å². The molecule has 0 aromatic heterocycles. The smallest absolute Gasteiger partial charge is 0.107 e. The summed E-state index contributed by atoms with van der Waals surface area (Å²) in [7, 11) is 10.2. The van der Waals surface area contributed by atoms with Crippen LogP contribution in [0.5, 0.6) is 0 Å². The van der Waals surface area contributed by atoms with Gasteiger partial charge >= 0.3 is 0 Å². The first-order valence-corrected chi connectivity index (χ1v) is 17.4. The molecule has 8 unspecified atom stereocenters. The van der Waals surface area contributed by atoms with Gasteiger partial charge in [-0.25, -0.2) is 0 Å². The zero-order chi connectivity index (χ0) is 21.7. The highest BCUT2D eigenvalue weighted by molar-refractivity contribution is 8.41. The topological polar surface area (TPSA) is 27.7 Å². The Labute approximate surface area is 190 Å². The van der Waals surface area contributed by atoms with Crippen LogP contribution in [0.25, 0.3) is 0 Å². The molecule has 0 N–H and O–H groups in total. The average Bonchev–Trinajstić information content (AvgIpc) is 2.71. The molecule has 0 fully saturated rings. The van der Waals surface area contributed by atoms with E-state index < -0.39 is 7.53 Å². The summed E-state index contributed by atoms with van der Waals surface area (Å²) in [6, 6.07) is 0. The van der Waals surface area contributed by atoms with Gasteiger partial charge in [0.15, 0.2) is 0 Å². The molecular weight excluding hydrogens is 474 g/mol. The Morgan fingerprint density at radius 2 is 1.86 bits per heavy atom. The summed E-state index contributed by atoms with van der Waals surface area (Å²) < 4.78 is 17.2. The maximum Gasteiger partial charge on any atom is 0.107 e. The van der Waals surface area contributed by atoms with Gasteiger partial charge in [0.2, 0.25) is 0 Å². The van der Waals surface area contributed by atoms with Gasteiger partial charge in [-0.1, -0.05) is 102 Å². The summed E-state index contributed by atoms with van der Waals surface area (Å²) in [6.07, 6.45) is 21.1. The van der Waals surface area contributed by atoms with E-state index in [9.17, 15) is 0 Å². The molecule has 0 bridgehead atoms. The lowest BCUT2D eigenvalue weighted by Gasteiger charge is -2.26. The normalized spacial score (nSPS) is 16.0. The van der Waals surface area contributed by atoms with Crippen LogP contribution in [0.15, 0.2) is 48.6 Å². The van der Waals surface area contributed by atoms with E-state index in [1.165, 1.54) is 0 Å². The van der Waals surface area contributed by atoms with Crippen LogP contribution in [0.4, 0.5) is 0 Å². The van der Waals surface area contributed by atoms with Crippen molar-refractivity contribution in [3.05, 3.63) is 48.6 Å². The SMILES string of the molecule is CCCCC(OP(P)P)C(/C=C/C=C/C=C/CC#C/C=C/C(CC)OP)OPP. The minimum absolute atomic E-state index is 0.0350. The summed E-state index contributed by atoms with van der Waals surface area (Å²) >= 11 is 0. The maximum atomic E-state index is 6.08. The van der Waals surface area contributed by atoms with Crippen molar-refractivity contribution in [2.24, 2.45) is 0 Å². The van der Waals surface area contributed by atoms with Gasteiger partial charge in [0.05, 0.1) is 19.7 Å². The van der Waals surface area contributed by atoms with Gasteiger partial charge in [-0.05, 0) is 25.0 Å². The second-order valence-electron chi connectivity index (χ2n) is 6.01. The lowest BCUT2D eigenvalue weighted by molar-refractivity contribution is 0.102. The molecule has 8 atom stereocenters. The standard InChI is InChI=1S/C20H36O3P6/c1-3-5-16-20(23-29(26)27)19(22-28-25)17-14-12-10-8-6-7-9-11-13-15-18(4-2)21-24/h6,8,10,12-15,17-20,28H,3-5,7,16,24-27H2,1-2H3/b8-6+,12-10+,15-13+,17-14+. The van der Waals surface area contributed by atoms with E-state index in [0.717, 1.165) is 32.1 Å². The Kier molecular flexibility index (Phi) is 22.9. The molecule has 0 amide bonds. The van der Waals surface area contributed by atoms with Crippen LogP contribution in [0, 0.1) is 11.8 Å².